The van der Waals surface area contributed by atoms with Gasteiger partial charge in [0.15, 0.2) is 0 Å². The average molecular weight is 227 g/mol. The molecule has 1 aromatic rings. The largest absolute Gasteiger partial charge is 0.495 e. The van der Waals surface area contributed by atoms with Crippen LogP contribution >= 0.6 is 11.6 Å². The van der Waals surface area contributed by atoms with Gasteiger partial charge in [0, 0.05) is 6.07 Å². The molecule has 1 rings (SSSR count). The Morgan fingerprint density at radius 2 is 2.20 bits per heavy atom. The number of rotatable bonds is 5. The highest BCUT2D eigenvalue weighted by Crippen LogP contribution is 2.33. The predicted octanol–water partition coefficient (Wildman–Crippen LogP) is 3.48. The van der Waals surface area contributed by atoms with Crippen LogP contribution in [-0.4, -0.2) is 13.7 Å². The second kappa shape index (κ2) is 5.66. The van der Waals surface area contributed by atoms with Crippen molar-refractivity contribution in [2.75, 3.05) is 13.7 Å². The van der Waals surface area contributed by atoms with Crippen LogP contribution in [0.2, 0.25) is 5.02 Å². The van der Waals surface area contributed by atoms with Crippen LogP contribution in [0.4, 0.5) is 0 Å². The Hall–Kier alpha value is -1.15. The summed E-state index contributed by atoms with van der Waals surface area (Å²) in [4.78, 5) is 0. The fraction of sp³-hybridized carbons (Fsp3) is 0.333. The van der Waals surface area contributed by atoms with E-state index in [-0.39, 0.29) is 0 Å². The Morgan fingerprint density at radius 3 is 2.73 bits per heavy atom. The molecule has 0 N–H and O–H groups in total. The second-order valence-electron chi connectivity index (χ2n) is 3.05. The maximum absolute atomic E-state index is 6.06. The molecule has 0 aromatic heterocycles. The van der Waals surface area contributed by atoms with Crippen molar-refractivity contribution in [2.24, 2.45) is 0 Å². The monoisotopic (exact) mass is 226 g/mol. The summed E-state index contributed by atoms with van der Waals surface area (Å²) < 4.78 is 10.6. The van der Waals surface area contributed by atoms with Gasteiger partial charge in [0.05, 0.1) is 12.1 Å². The van der Waals surface area contributed by atoms with E-state index in [1.807, 2.05) is 13.0 Å². The maximum atomic E-state index is 6.06. The van der Waals surface area contributed by atoms with Gasteiger partial charge in [-0.25, -0.2) is 0 Å². The van der Waals surface area contributed by atoms with Crippen LogP contribution in [-0.2, 0) is 6.42 Å². The minimum atomic E-state index is 0.478. The number of hydrogen-bond acceptors (Lipinski definition) is 2. The summed E-state index contributed by atoms with van der Waals surface area (Å²) in [6.07, 6.45) is 2.55. The molecule has 1 aromatic carbocycles. The molecule has 82 valence electrons. The molecular weight excluding hydrogens is 212 g/mol. The van der Waals surface area contributed by atoms with Gasteiger partial charge >= 0.3 is 0 Å². The van der Waals surface area contributed by atoms with Crippen LogP contribution in [0.25, 0.3) is 0 Å². The third-order valence-electron chi connectivity index (χ3n) is 2.05. The summed E-state index contributed by atoms with van der Waals surface area (Å²) in [6.45, 7) is 6.12. The lowest BCUT2D eigenvalue weighted by atomic mass is 10.1. The van der Waals surface area contributed by atoms with Crippen LogP contribution in [0.15, 0.2) is 24.8 Å². The molecule has 0 bridgehead atoms. The molecule has 0 saturated carbocycles. The van der Waals surface area contributed by atoms with Crippen molar-refractivity contribution < 1.29 is 9.47 Å². The Morgan fingerprint density at radius 1 is 1.47 bits per heavy atom. The summed E-state index contributed by atoms with van der Waals surface area (Å²) in [7, 11) is 1.62. The van der Waals surface area contributed by atoms with Gasteiger partial charge in [-0.05, 0) is 18.1 Å². The topological polar surface area (TPSA) is 18.5 Å². The number of aryl methyl sites for hydroxylation is 1. The molecule has 0 heterocycles. The lowest BCUT2D eigenvalue weighted by Gasteiger charge is -2.11. The van der Waals surface area contributed by atoms with Gasteiger partial charge in [0.25, 0.3) is 0 Å². The molecular formula is C12H15ClO2. The number of halogens is 1. The molecule has 0 saturated heterocycles. The normalized spacial score (nSPS) is 9.80. The molecule has 0 fully saturated rings. The zero-order valence-corrected chi connectivity index (χ0v) is 9.80. The second-order valence-corrected chi connectivity index (χ2v) is 3.46. The van der Waals surface area contributed by atoms with Crippen molar-refractivity contribution in [2.45, 2.75) is 13.3 Å². The van der Waals surface area contributed by atoms with Crippen molar-refractivity contribution in [3.63, 3.8) is 0 Å². The molecule has 0 aliphatic rings. The Balaban J connectivity index is 3.02. The first-order valence-corrected chi connectivity index (χ1v) is 5.20. The summed E-state index contributed by atoms with van der Waals surface area (Å²) in [5.74, 6) is 1.47. The Bertz CT molecular complexity index is 348. The highest BCUT2D eigenvalue weighted by atomic mass is 35.5. The standard InChI is InChI=1S/C12H15ClO2/c1-4-6-15-10-7-9(5-2)12(14-3)11(13)8-10/h4,7-8H,1,5-6H2,2-3H3. The molecule has 0 spiro atoms. The van der Waals surface area contributed by atoms with E-state index in [1.54, 1.807) is 19.3 Å². The van der Waals surface area contributed by atoms with Crippen molar-refractivity contribution >= 4 is 11.6 Å². The van der Waals surface area contributed by atoms with E-state index in [2.05, 4.69) is 6.58 Å². The Labute approximate surface area is 95.5 Å². The molecule has 2 nitrogen and oxygen atoms in total. The van der Waals surface area contributed by atoms with Crippen LogP contribution in [0.1, 0.15) is 12.5 Å². The lowest BCUT2D eigenvalue weighted by molar-refractivity contribution is 0.360. The van der Waals surface area contributed by atoms with Crippen LogP contribution in [0.5, 0.6) is 11.5 Å². The zero-order chi connectivity index (χ0) is 11.3. The van der Waals surface area contributed by atoms with Gasteiger partial charge in [0.1, 0.15) is 18.1 Å². The summed E-state index contributed by atoms with van der Waals surface area (Å²) >= 11 is 6.06. The van der Waals surface area contributed by atoms with Crippen molar-refractivity contribution in [3.05, 3.63) is 35.4 Å². The molecule has 0 aliphatic heterocycles. The average Bonchev–Trinajstić information content (AvgIpc) is 2.25. The minimum Gasteiger partial charge on any atom is -0.495 e. The lowest BCUT2D eigenvalue weighted by Crippen LogP contribution is -1.97. The number of hydrogen-bond donors (Lipinski definition) is 0. The van der Waals surface area contributed by atoms with Crippen LogP contribution < -0.4 is 9.47 Å². The fourth-order valence-corrected chi connectivity index (χ4v) is 1.66. The maximum Gasteiger partial charge on any atom is 0.140 e. The van der Waals surface area contributed by atoms with Gasteiger partial charge < -0.3 is 9.47 Å². The van der Waals surface area contributed by atoms with Gasteiger partial charge in [0.2, 0.25) is 0 Å². The summed E-state index contributed by atoms with van der Waals surface area (Å²) in [5.41, 5.74) is 1.05. The fourth-order valence-electron chi connectivity index (χ4n) is 1.35. The number of benzene rings is 1. The molecule has 0 atom stereocenters. The first kappa shape index (κ1) is 11.9. The first-order chi connectivity index (χ1) is 7.22. The summed E-state index contributed by atoms with van der Waals surface area (Å²) in [5, 5.41) is 0.580. The van der Waals surface area contributed by atoms with Crippen LogP contribution in [0, 0.1) is 0 Å². The molecule has 3 heteroatoms. The number of methoxy groups -OCH3 is 1. The summed E-state index contributed by atoms with van der Waals surface area (Å²) in [6, 6.07) is 3.69. The minimum absolute atomic E-state index is 0.478. The smallest absolute Gasteiger partial charge is 0.140 e. The van der Waals surface area contributed by atoms with Gasteiger partial charge in [-0.3, -0.25) is 0 Å². The van der Waals surface area contributed by atoms with Gasteiger partial charge in [-0.1, -0.05) is 31.2 Å². The van der Waals surface area contributed by atoms with E-state index < -0.39 is 0 Å². The zero-order valence-electron chi connectivity index (χ0n) is 9.05. The molecule has 0 aliphatic carbocycles. The highest BCUT2D eigenvalue weighted by molar-refractivity contribution is 6.32. The Kier molecular flexibility index (Phi) is 4.50. The van der Waals surface area contributed by atoms with E-state index >= 15 is 0 Å². The number of ether oxygens (including phenoxy) is 2. The molecule has 0 amide bonds. The van der Waals surface area contributed by atoms with Gasteiger partial charge in [-0.2, -0.15) is 0 Å². The van der Waals surface area contributed by atoms with Crippen molar-refractivity contribution in [1.29, 1.82) is 0 Å². The van der Waals surface area contributed by atoms with E-state index in [1.165, 1.54) is 0 Å². The van der Waals surface area contributed by atoms with Crippen molar-refractivity contribution in [3.8, 4) is 11.5 Å². The van der Waals surface area contributed by atoms with E-state index in [0.29, 0.717) is 11.6 Å². The first-order valence-electron chi connectivity index (χ1n) is 4.83. The third kappa shape index (κ3) is 2.90. The highest BCUT2D eigenvalue weighted by Gasteiger charge is 2.09. The SMILES string of the molecule is C=CCOc1cc(Cl)c(OC)c(CC)c1. The van der Waals surface area contributed by atoms with E-state index in [0.717, 1.165) is 23.5 Å². The van der Waals surface area contributed by atoms with E-state index in [4.69, 9.17) is 21.1 Å². The van der Waals surface area contributed by atoms with E-state index in [9.17, 15) is 0 Å². The quantitative estimate of drug-likeness (QED) is 0.716. The molecule has 15 heavy (non-hydrogen) atoms. The molecule has 0 radical (unpaired) electrons. The van der Waals surface area contributed by atoms with Gasteiger partial charge in [-0.15, -0.1) is 0 Å². The predicted molar refractivity (Wildman–Crippen MR) is 63.1 cm³/mol. The molecule has 0 unspecified atom stereocenters. The van der Waals surface area contributed by atoms with Crippen LogP contribution in [0.3, 0.4) is 0 Å². The third-order valence-corrected chi connectivity index (χ3v) is 2.33. The van der Waals surface area contributed by atoms with Crippen molar-refractivity contribution in [1.82, 2.24) is 0 Å².